The fourth-order valence-electron chi connectivity index (χ4n) is 1.86. The van der Waals surface area contributed by atoms with E-state index in [-0.39, 0.29) is 6.04 Å². The number of aryl methyl sites for hydroxylation is 1. The molecule has 0 heterocycles. The predicted octanol–water partition coefficient (Wildman–Crippen LogP) is 2.89. The van der Waals surface area contributed by atoms with Crippen molar-refractivity contribution in [1.29, 1.82) is 0 Å². The van der Waals surface area contributed by atoms with Gasteiger partial charge in [-0.1, -0.05) is 30.3 Å². The van der Waals surface area contributed by atoms with Gasteiger partial charge in [-0.25, -0.2) is 4.79 Å². The third kappa shape index (κ3) is 6.57. The normalized spacial score (nSPS) is 14.4. The quantitative estimate of drug-likeness (QED) is 0.871. The molecule has 4 heteroatoms. The van der Waals surface area contributed by atoms with E-state index in [0.717, 1.165) is 6.42 Å². The number of hydrogen-bond acceptors (Lipinski definition) is 3. The fraction of sp³-hybridized carbons (Fsp3) is 0.562. The molecule has 0 saturated heterocycles. The molecule has 0 aliphatic heterocycles. The summed E-state index contributed by atoms with van der Waals surface area (Å²) in [6.07, 6.45) is 0.357. The van der Waals surface area contributed by atoms with E-state index in [9.17, 15) is 9.90 Å². The zero-order valence-corrected chi connectivity index (χ0v) is 12.7. The molecule has 1 aromatic carbocycles. The van der Waals surface area contributed by atoms with E-state index in [1.807, 2.05) is 51.1 Å². The third-order valence-electron chi connectivity index (χ3n) is 2.87. The maximum Gasteiger partial charge on any atom is 0.407 e. The summed E-state index contributed by atoms with van der Waals surface area (Å²) in [6.45, 7) is 7.11. The first-order valence-corrected chi connectivity index (χ1v) is 6.99. The number of ether oxygens (including phenoxy) is 1. The third-order valence-corrected chi connectivity index (χ3v) is 2.87. The zero-order valence-electron chi connectivity index (χ0n) is 12.7. The highest BCUT2D eigenvalue weighted by Gasteiger charge is 2.22. The van der Waals surface area contributed by atoms with Gasteiger partial charge in [-0.15, -0.1) is 0 Å². The first-order valence-electron chi connectivity index (χ1n) is 6.99. The minimum atomic E-state index is -0.619. The molecule has 0 aromatic heterocycles. The lowest BCUT2D eigenvalue weighted by Crippen LogP contribution is -2.44. The molecule has 0 fully saturated rings. The molecule has 1 aromatic rings. The summed E-state index contributed by atoms with van der Waals surface area (Å²) < 4.78 is 5.21. The van der Waals surface area contributed by atoms with Crippen molar-refractivity contribution in [2.24, 2.45) is 0 Å². The van der Waals surface area contributed by atoms with Gasteiger partial charge >= 0.3 is 6.09 Å². The average Bonchev–Trinajstić information content (AvgIpc) is 2.33. The van der Waals surface area contributed by atoms with Gasteiger partial charge in [0.25, 0.3) is 0 Å². The van der Waals surface area contributed by atoms with Gasteiger partial charge in [0.15, 0.2) is 0 Å². The van der Waals surface area contributed by atoms with Gasteiger partial charge in [-0.05, 0) is 46.1 Å². The molecule has 1 unspecified atom stereocenters. The minimum absolute atomic E-state index is 0.315. The number of carbonyl (C=O) groups is 1. The van der Waals surface area contributed by atoms with Crippen LogP contribution in [0.1, 0.15) is 39.7 Å². The zero-order chi connectivity index (χ0) is 15.2. The van der Waals surface area contributed by atoms with Crippen LogP contribution in [-0.2, 0) is 11.2 Å². The van der Waals surface area contributed by atoms with E-state index in [0.29, 0.717) is 6.42 Å². The number of nitrogens with one attached hydrogen (secondary N) is 1. The first-order chi connectivity index (χ1) is 9.28. The van der Waals surface area contributed by atoms with Crippen molar-refractivity contribution < 1.29 is 14.6 Å². The van der Waals surface area contributed by atoms with Crippen LogP contribution in [0.4, 0.5) is 4.79 Å². The van der Waals surface area contributed by atoms with Gasteiger partial charge < -0.3 is 15.2 Å². The molecule has 1 rings (SSSR count). The maximum atomic E-state index is 11.7. The van der Waals surface area contributed by atoms with Crippen molar-refractivity contribution in [2.45, 2.75) is 58.3 Å². The fourth-order valence-corrected chi connectivity index (χ4v) is 1.86. The number of carbonyl (C=O) groups excluding carboxylic acids is 1. The second kappa shape index (κ2) is 7.29. The topological polar surface area (TPSA) is 58.6 Å². The number of amides is 1. The van der Waals surface area contributed by atoms with Crippen molar-refractivity contribution in [3.05, 3.63) is 35.9 Å². The largest absolute Gasteiger partial charge is 0.444 e. The Morgan fingerprint density at radius 1 is 1.30 bits per heavy atom. The van der Waals surface area contributed by atoms with E-state index in [2.05, 4.69) is 5.32 Å². The van der Waals surface area contributed by atoms with Crippen LogP contribution in [0.2, 0.25) is 0 Å². The molecule has 0 bridgehead atoms. The van der Waals surface area contributed by atoms with Crippen LogP contribution in [0, 0.1) is 0 Å². The highest BCUT2D eigenvalue weighted by molar-refractivity contribution is 5.68. The van der Waals surface area contributed by atoms with E-state index in [1.165, 1.54) is 5.56 Å². The Morgan fingerprint density at radius 2 is 1.90 bits per heavy atom. The molecule has 20 heavy (non-hydrogen) atoms. The molecule has 4 nitrogen and oxygen atoms in total. The number of hydrogen-bond donors (Lipinski definition) is 2. The van der Waals surface area contributed by atoms with Crippen LogP contribution in [0.25, 0.3) is 0 Å². The molecule has 1 amide bonds. The molecular formula is C16H25NO3. The van der Waals surface area contributed by atoms with E-state index in [1.54, 1.807) is 6.92 Å². The highest BCUT2D eigenvalue weighted by Crippen LogP contribution is 2.10. The van der Waals surface area contributed by atoms with Gasteiger partial charge in [0, 0.05) is 0 Å². The Hall–Kier alpha value is -1.55. The van der Waals surface area contributed by atoms with Crippen LogP contribution in [0.3, 0.4) is 0 Å². The predicted molar refractivity (Wildman–Crippen MR) is 79.6 cm³/mol. The Kier molecular flexibility index (Phi) is 6.02. The number of alkyl carbamates (subject to hydrolysis) is 1. The lowest BCUT2D eigenvalue weighted by Gasteiger charge is -2.25. The molecule has 0 aliphatic rings. The van der Waals surface area contributed by atoms with E-state index in [4.69, 9.17) is 4.74 Å². The monoisotopic (exact) mass is 279 g/mol. The lowest BCUT2D eigenvalue weighted by atomic mass is 10.0. The molecular weight excluding hydrogens is 254 g/mol. The van der Waals surface area contributed by atoms with Gasteiger partial charge in [0.05, 0.1) is 12.1 Å². The highest BCUT2D eigenvalue weighted by atomic mass is 16.6. The number of benzene rings is 1. The molecule has 2 N–H and O–H groups in total. The van der Waals surface area contributed by atoms with Crippen LogP contribution in [0.5, 0.6) is 0 Å². The van der Waals surface area contributed by atoms with E-state index >= 15 is 0 Å². The van der Waals surface area contributed by atoms with Crippen molar-refractivity contribution in [2.75, 3.05) is 0 Å². The molecule has 0 radical (unpaired) electrons. The summed E-state index contributed by atoms with van der Waals surface area (Å²) in [5.74, 6) is 0. The first kappa shape index (κ1) is 16.5. The van der Waals surface area contributed by atoms with Crippen molar-refractivity contribution in [3.63, 3.8) is 0 Å². The summed E-state index contributed by atoms with van der Waals surface area (Å²) in [4.78, 5) is 11.7. The Balaban J connectivity index is 2.51. The molecule has 0 spiro atoms. The summed E-state index contributed by atoms with van der Waals surface area (Å²) in [5, 5.41) is 12.5. The van der Waals surface area contributed by atoms with E-state index < -0.39 is 17.8 Å². The summed E-state index contributed by atoms with van der Waals surface area (Å²) >= 11 is 0. The van der Waals surface area contributed by atoms with Crippen molar-refractivity contribution in [1.82, 2.24) is 5.32 Å². The minimum Gasteiger partial charge on any atom is -0.444 e. The van der Waals surface area contributed by atoms with Gasteiger partial charge in [0.1, 0.15) is 5.60 Å². The van der Waals surface area contributed by atoms with Gasteiger partial charge in [-0.2, -0.15) is 0 Å². The van der Waals surface area contributed by atoms with Crippen molar-refractivity contribution >= 4 is 6.09 Å². The maximum absolute atomic E-state index is 11.7. The second-order valence-corrected chi connectivity index (χ2v) is 6.02. The van der Waals surface area contributed by atoms with Gasteiger partial charge in [0.2, 0.25) is 0 Å². The standard InChI is InChI=1S/C16H25NO3/c1-12(18)14(17-15(19)20-16(2,3)4)11-10-13-8-6-5-7-9-13/h5-9,12,14,18H,10-11H2,1-4H3,(H,17,19)/t12?,14-/m1/s1. The number of aliphatic hydroxyl groups is 1. The Bertz CT molecular complexity index is 409. The SMILES string of the molecule is CC(O)[C@@H](CCc1ccccc1)NC(=O)OC(C)(C)C. The van der Waals surface area contributed by atoms with Crippen molar-refractivity contribution in [3.8, 4) is 0 Å². The summed E-state index contributed by atoms with van der Waals surface area (Å²) in [5.41, 5.74) is 0.649. The summed E-state index contributed by atoms with van der Waals surface area (Å²) in [7, 11) is 0. The Labute approximate surface area is 121 Å². The summed E-state index contributed by atoms with van der Waals surface area (Å²) in [6, 6.07) is 9.68. The number of aliphatic hydroxyl groups excluding tert-OH is 1. The smallest absolute Gasteiger partial charge is 0.407 e. The average molecular weight is 279 g/mol. The van der Waals surface area contributed by atoms with Crippen LogP contribution in [0.15, 0.2) is 30.3 Å². The molecule has 0 aliphatic carbocycles. The number of rotatable bonds is 5. The van der Waals surface area contributed by atoms with Crippen LogP contribution < -0.4 is 5.32 Å². The second-order valence-electron chi connectivity index (χ2n) is 6.02. The van der Waals surface area contributed by atoms with Crippen LogP contribution in [-0.4, -0.2) is 28.9 Å². The van der Waals surface area contributed by atoms with Crippen LogP contribution >= 0.6 is 0 Å². The molecule has 112 valence electrons. The Morgan fingerprint density at radius 3 is 2.40 bits per heavy atom. The lowest BCUT2D eigenvalue weighted by molar-refractivity contribution is 0.0431. The molecule has 2 atom stereocenters. The molecule has 0 saturated carbocycles. The van der Waals surface area contributed by atoms with Gasteiger partial charge in [-0.3, -0.25) is 0 Å².